The Morgan fingerprint density at radius 2 is 1.80 bits per heavy atom. The molecule has 0 amide bonds. The van der Waals surface area contributed by atoms with Crippen molar-refractivity contribution in [2.75, 3.05) is 0 Å². The van der Waals surface area contributed by atoms with E-state index in [0.29, 0.717) is 0 Å². The molecule has 0 spiro atoms. The lowest BCUT2D eigenvalue weighted by atomic mass is 10.7. The van der Waals surface area contributed by atoms with Crippen LogP contribution in [0.15, 0.2) is 34.5 Å². The molecular weight excluding hydrogens is 164 g/mol. The van der Waals surface area contributed by atoms with Gasteiger partial charge in [-0.1, -0.05) is 16.6 Å². The number of hydrogen-bond donors (Lipinski definition) is 0. The molecule has 0 radical (unpaired) electrons. The van der Waals surface area contributed by atoms with E-state index in [1.807, 2.05) is 28.3 Å². The highest BCUT2D eigenvalue weighted by molar-refractivity contribution is 7.07. The van der Waals surface area contributed by atoms with E-state index in [0.717, 1.165) is 0 Å². The lowest BCUT2D eigenvalue weighted by Gasteiger charge is -1.40. The zero-order valence-electron chi connectivity index (χ0n) is 5.18. The second kappa shape index (κ2) is 5.08. The maximum absolute atomic E-state index is 3.51. The maximum Gasteiger partial charge on any atom is 0.0620 e. The highest BCUT2D eigenvalue weighted by atomic mass is 32.1. The van der Waals surface area contributed by atoms with Crippen molar-refractivity contribution in [1.29, 1.82) is 0 Å². The lowest BCUT2D eigenvalue weighted by Crippen LogP contribution is -1.51. The van der Waals surface area contributed by atoms with Gasteiger partial charge in [0.1, 0.15) is 0 Å². The van der Waals surface area contributed by atoms with Gasteiger partial charge in [0.25, 0.3) is 0 Å². The summed E-state index contributed by atoms with van der Waals surface area (Å²) >= 11 is 3.06. The van der Waals surface area contributed by atoms with Gasteiger partial charge in [0, 0.05) is 5.38 Å². The molecule has 2 nitrogen and oxygen atoms in total. The number of hydrogen-bond acceptors (Lipinski definition) is 4. The molecule has 10 heavy (non-hydrogen) atoms. The standard InChI is InChI=1S/C4H4S.C2H2N2S/c1-2-4-5-3-1;1-2-5-4-3-1/h1-4H;1-2H. The van der Waals surface area contributed by atoms with Gasteiger partial charge >= 0.3 is 0 Å². The zero-order chi connectivity index (χ0) is 7.07. The first-order chi connectivity index (χ1) is 5.00. The van der Waals surface area contributed by atoms with Gasteiger partial charge in [0.2, 0.25) is 0 Å². The fourth-order valence-electron chi connectivity index (χ4n) is 0.363. The van der Waals surface area contributed by atoms with Crippen LogP contribution in [0.3, 0.4) is 0 Å². The average Bonchev–Trinajstić information content (AvgIpc) is 2.67. The van der Waals surface area contributed by atoms with Gasteiger partial charge in [0.15, 0.2) is 0 Å². The molecule has 0 fully saturated rings. The summed E-state index contributed by atoms with van der Waals surface area (Å²) in [4.78, 5) is 0. The van der Waals surface area contributed by atoms with Crippen LogP contribution in [0.1, 0.15) is 0 Å². The monoisotopic (exact) mass is 170 g/mol. The number of nitrogens with zero attached hydrogens (tertiary/aromatic N) is 2. The molecule has 0 bridgehead atoms. The Balaban J connectivity index is 0.0000001000. The van der Waals surface area contributed by atoms with Crippen molar-refractivity contribution >= 4 is 22.9 Å². The summed E-state index contributed by atoms with van der Waals surface area (Å²) in [5, 5.41) is 9.39. The molecule has 0 atom stereocenters. The molecule has 0 saturated heterocycles. The Bertz CT molecular complexity index is 153. The van der Waals surface area contributed by atoms with Crippen LogP contribution in [-0.4, -0.2) is 9.59 Å². The topological polar surface area (TPSA) is 25.8 Å². The Morgan fingerprint density at radius 3 is 2.00 bits per heavy atom. The normalized spacial score (nSPS) is 8.00. The number of aromatic nitrogens is 2. The molecule has 0 aliphatic rings. The summed E-state index contributed by atoms with van der Waals surface area (Å²) in [6.45, 7) is 0. The Hall–Kier alpha value is -0.740. The van der Waals surface area contributed by atoms with E-state index >= 15 is 0 Å². The molecule has 0 saturated carbocycles. The molecule has 52 valence electrons. The molecule has 2 aromatic rings. The molecule has 2 heterocycles. The summed E-state index contributed by atoms with van der Waals surface area (Å²) in [5.74, 6) is 0. The van der Waals surface area contributed by atoms with Gasteiger partial charge in [-0.2, -0.15) is 11.3 Å². The third-order valence-corrected chi connectivity index (χ3v) is 1.77. The Morgan fingerprint density at radius 1 is 1.00 bits per heavy atom. The van der Waals surface area contributed by atoms with Gasteiger partial charge in [-0.3, -0.25) is 0 Å². The van der Waals surface area contributed by atoms with E-state index in [9.17, 15) is 0 Å². The second-order valence-corrected chi connectivity index (χ2v) is 2.84. The van der Waals surface area contributed by atoms with Crippen LogP contribution in [0.4, 0.5) is 0 Å². The van der Waals surface area contributed by atoms with Crippen LogP contribution in [-0.2, 0) is 0 Å². The van der Waals surface area contributed by atoms with Crippen LogP contribution in [0.5, 0.6) is 0 Å². The summed E-state index contributed by atoms with van der Waals surface area (Å²) in [6.07, 6.45) is 1.66. The van der Waals surface area contributed by atoms with Crippen molar-refractivity contribution in [2.24, 2.45) is 0 Å². The van der Waals surface area contributed by atoms with Gasteiger partial charge in [-0.15, -0.1) is 5.10 Å². The Kier molecular flexibility index (Phi) is 3.74. The maximum atomic E-state index is 3.51. The highest BCUT2D eigenvalue weighted by Crippen LogP contribution is 1.91. The third kappa shape index (κ3) is 3.32. The first kappa shape index (κ1) is 7.37. The summed E-state index contributed by atoms with van der Waals surface area (Å²) in [5.41, 5.74) is 0. The van der Waals surface area contributed by atoms with Crippen molar-refractivity contribution in [1.82, 2.24) is 9.59 Å². The molecule has 0 aliphatic heterocycles. The van der Waals surface area contributed by atoms with Crippen molar-refractivity contribution in [3.05, 3.63) is 34.5 Å². The smallest absolute Gasteiger partial charge is 0.0620 e. The van der Waals surface area contributed by atoms with Crippen LogP contribution in [0.25, 0.3) is 0 Å². The minimum atomic E-state index is 1.35. The van der Waals surface area contributed by atoms with E-state index in [2.05, 4.69) is 9.59 Å². The molecule has 2 rings (SSSR count). The zero-order valence-corrected chi connectivity index (χ0v) is 6.81. The molecule has 0 aromatic carbocycles. The van der Waals surface area contributed by atoms with Crippen LogP contribution in [0, 0.1) is 0 Å². The van der Waals surface area contributed by atoms with E-state index in [1.54, 1.807) is 17.5 Å². The van der Waals surface area contributed by atoms with Crippen molar-refractivity contribution in [3.8, 4) is 0 Å². The van der Waals surface area contributed by atoms with E-state index in [-0.39, 0.29) is 0 Å². The van der Waals surface area contributed by atoms with Gasteiger partial charge in [-0.05, 0) is 22.3 Å². The number of rotatable bonds is 0. The van der Waals surface area contributed by atoms with Crippen LogP contribution >= 0.6 is 22.9 Å². The van der Waals surface area contributed by atoms with Crippen molar-refractivity contribution in [3.63, 3.8) is 0 Å². The predicted octanol–water partition coefficient (Wildman–Crippen LogP) is 2.29. The van der Waals surface area contributed by atoms with Gasteiger partial charge in [-0.25, -0.2) is 0 Å². The molecule has 2 aromatic heterocycles. The Labute approximate surface area is 67.3 Å². The summed E-state index contributed by atoms with van der Waals surface area (Å²) in [7, 11) is 0. The first-order valence-corrected chi connectivity index (χ1v) is 4.46. The first-order valence-electron chi connectivity index (χ1n) is 2.68. The largest absolute Gasteiger partial charge is 0.152 e. The van der Waals surface area contributed by atoms with E-state index in [4.69, 9.17) is 0 Å². The van der Waals surface area contributed by atoms with Gasteiger partial charge in [0.05, 0.1) is 6.20 Å². The fourth-order valence-corrected chi connectivity index (χ4v) is 1.09. The van der Waals surface area contributed by atoms with Crippen molar-refractivity contribution < 1.29 is 0 Å². The summed E-state index contributed by atoms with van der Waals surface area (Å²) in [6, 6.07) is 4.04. The fraction of sp³-hybridized carbons (Fsp3) is 0. The minimum Gasteiger partial charge on any atom is -0.152 e. The van der Waals surface area contributed by atoms with E-state index in [1.165, 1.54) is 11.5 Å². The van der Waals surface area contributed by atoms with Crippen LogP contribution in [0.2, 0.25) is 0 Å². The van der Waals surface area contributed by atoms with Gasteiger partial charge < -0.3 is 0 Å². The molecule has 0 unspecified atom stereocenters. The van der Waals surface area contributed by atoms with E-state index < -0.39 is 0 Å². The third-order valence-electron chi connectivity index (χ3n) is 0.708. The lowest BCUT2D eigenvalue weighted by molar-refractivity contribution is 1.16. The number of thiophene rings is 1. The highest BCUT2D eigenvalue weighted by Gasteiger charge is 1.61. The average molecular weight is 170 g/mol. The van der Waals surface area contributed by atoms with Crippen molar-refractivity contribution in [2.45, 2.75) is 0 Å². The molecular formula is C6H6N2S2. The molecule has 0 N–H and O–H groups in total. The minimum absolute atomic E-state index is 1.35. The molecule has 4 heteroatoms. The second-order valence-electron chi connectivity index (χ2n) is 1.38. The quantitative estimate of drug-likeness (QED) is 0.606. The molecule has 0 aliphatic carbocycles. The van der Waals surface area contributed by atoms with Crippen LogP contribution < -0.4 is 0 Å². The summed E-state index contributed by atoms with van der Waals surface area (Å²) < 4.78 is 3.51. The predicted molar refractivity (Wildman–Crippen MR) is 44.2 cm³/mol. The SMILES string of the molecule is c1ccsc1.c1csnn1.